The van der Waals surface area contributed by atoms with Crippen LogP contribution < -0.4 is 0 Å². The lowest BCUT2D eigenvalue weighted by Gasteiger charge is -2.15. The van der Waals surface area contributed by atoms with Crippen molar-refractivity contribution in [2.24, 2.45) is 0 Å². The van der Waals surface area contributed by atoms with Crippen LogP contribution in [0, 0.1) is 0 Å². The van der Waals surface area contributed by atoms with E-state index in [2.05, 4.69) is 6.92 Å². The van der Waals surface area contributed by atoms with Crippen molar-refractivity contribution < 1.29 is 14.2 Å². The summed E-state index contributed by atoms with van der Waals surface area (Å²) in [6.07, 6.45) is 15.3. The molecule has 0 saturated carbocycles. The Morgan fingerprint density at radius 1 is 1.41 bits per heavy atom. The second-order valence-corrected chi connectivity index (χ2v) is 3.96. The molecular weight excluding hydrogens is 216 g/mol. The SMILES string of the molecule is CCCCC(C/C=C/OC1C=CC=CO1)OC. The molecule has 1 heterocycles. The molecule has 2 unspecified atom stereocenters. The second kappa shape index (κ2) is 8.88. The van der Waals surface area contributed by atoms with Crippen molar-refractivity contribution in [1.82, 2.24) is 0 Å². The molecule has 0 amide bonds. The Morgan fingerprint density at radius 3 is 2.94 bits per heavy atom. The summed E-state index contributed by atoms with van der Waals surface area (Å²) in [6, 6.07) is 0. The van der Waals surface area contributed by atoms with Crippen LogP contribution in [-0.2, 0) is 14.2 Å². The van der Waals surface area contributed by atoms with E-state index in [0.717, 1.165) is 12.8 Å². The Hall–Kier alpha value is -1.22. The van der Waals surface area contributed by atoms with Gasteiger partial charge in [0.05, 0.1) is 18.6 Å². The van der Waals surface area contributed by atoms with E-state index in [0.29, 0.717) is 0 Å². The Kier molecular flexibility index (Phi) is 7.23. The van der Waals surface area contributed by atoms with Crippen LogP contribution in [0.1, 0.15) is 32.6 Å². The summed E-state index contributed by atoms with van der Waals surface area (Å²) >= 11 is 0. The van der Waals surface area contributed by atoms with Gasteiger partial charge in [-0.05, 0) is 31.1 Å². The van der Waals surface area contributed by atoms with Crippen molar-refractivity contribution in [2.75, 3.05) is 7.11 Å². The standard InChI is InChI=1S/C14H22O3/c1-3-4-8-13(15-2)9-7-12-17-14-10-5-6-11-16-14/h5-7,10-14H,3-4,8-9H2,1-2H3/b12-7+. The van der Waals surface area contributed by atoms with Gasteiger partial charge in [-0.15, -0.1) is 0 Å². The second-order valence-electron chi connectivity index (χ2n) is 3.96. The molecule has 0 saturated heterocycles. The van der Waals surface area contributed by atoms with Crippen molar-refractivity contribution in [3.63, 3.8) is 0 Å². The minimum atomic E-state index is -0.298. The van der Waals surface area contributed by atoms with Gasteiger partial charge in [0.1, 0.15) is 0 Å². The van der Waals surface area contributed by atoms with Gasteiger partial charge in [-0.1, -0.05) is 25.8 Å². The van der Waals surface area contributed by atoms with Crippen LogP contribution in [0.5, 0.6) is 0 Å². The highest BCUT2D eigenvalue weighted by Crippen LogP contribution is 2.09. The van der Waals surface area contributed by atoms with Gasteiger partial charge >= 0.3 is 0 Å². The quantitative estimate of drug-likeness (QED) is 0.605. The van der Waals surface area contributed by atoms with Gasteiger partial charge in [0.15, 0.2) is 0 Å². The number of hydrogen-bond acceptors (Lipinski definition) is 3. The number of rotatable bonds is 8. The molecule has 0 radical (unpaired) electrons. The lowest BCUT2D eigenvalue weighted by Crippen LogP contribution is -2.10. The van der Waals surface area contributed by atoms with Gasteiger partial charge < -0.3 is 14.2 Å². The van der Waals surface area contributed by atoms with Gasteiger partial charge in [0.25, 0.3) is 6.29 Å². The van der Waals surface area contributed by atoms with Crippen LogP contribution in [0.15, 0.2) is 36.8 Å². The van der Waals surface area contributed by atoms with Gasteiger partial charge in [0, 0.05) is 7.11 Å². The third kappa shape index (κ3) is 6.17. The molecule has 0 aromatic rings. The zero-order valence-corrected chi connectivity index (χ0v) is 10.7. The zero-order chi connectivity index (χ0) is 12.3. The Morgan fingerprint density at radius 2 is 2.29 bits per heavy atom. The van der Waals surface area contributed by atoms with E-state index in [1.807, 2.05) is 24.3 Å². The average molecular weight is 238 g/mol. The van der Waals surface area contributed by atoms with Crippen LogP contribution in [0.4, 0.5) is 0 Å². The molecule has 0 spiro atoms. The molecule has 17 heavy (non-hydrogen) atoms. The summed E-state index contributed by atoms with van der Waals surface area (Å²) in [6.45, 7) is 2.19. The van der Waals surface area contributed by atoms with Gasteiger partial charge in [-0.3, -0.25) is 0 Å². The first-order valence-electron chi connectivity index (χ1n) is 6.19. The number of hydrogen-bond donors (Lipinski definition) is 0. The topological polar surface area (TPSA) is 27.7 Å². The van der Waals surface area contributed by atoms with Crippen molar-refractivity contribution in [2.45, 2.75) is 45.0 Å². The first kappa shape index (κ1) is 13.8. The molecular formula is C14H22O3. The lowest BCUT2D eigenvalue weighted by atomic mass is 10.1. The molecule has 0 aromatic carbocycles. The maximum absolute atomic E-state index is 5.39. The van der Waals surface area contributed by atoms with Crippen molar-refractivity contribution >= 4 is 0 Å². The summed E-state index contributed by atoms with van der Waals surface area (Å²) < 4.78 is 16.0. The fourth-order valence-electron chi connectivity index (χ4n) is 1.55. The normalized spacial score (nSPS) is 20.5. The van der Waals surface area contributed by atoms with E-state index in [-0.39, 0.29) is 12.4 Å². The molecule has 2 atom stereocenters. The van der Waals surface area contributed by atoms with E-state index in [4.69, 9.17) is 14.2 Å². The van der Waals surface area contributed by atoms with E-state index in [9.17, 15) is 0 Å². The molecule has 0 aliphatic carbocycles. The highest BCUT2D eigenvalue weighted by atomic mass is 16.7. The summed E-state index contributed by atoms with van der Waals surface area (Å²) in [4.78, 5) is 0. The average Bonchev–Trinajstić information content (AvgIpc) is 2.39. The monoisotopic (exact) mass is 238 g/mol. The molecule has 3 heteroatoms. The van der Waals surface area contributed by atoms with Crippen LogP contribution in [0.2, 0.25) is 0 Å². The molecule has 1 aliphatic rings. The Labute approximate surface area is 104 Å². The summed E-state index contributed by atoms with van der Waals surface area (Å²) in [5, 5.41) is 0. The maximum atomic E-state index is 5.39. The van der Waals surface area contributed by atoms with Gasteiger partial charge in [0.2, 0.25) is 0 Å². The Bertz CT molecular complexity index is 269. The van der Waals surface area contributed by atoms with Crippen molar-refractivity contribution in [1.29, 1.82) is 0 Å². The molecule has 1 aliphatic heterocycles. The summed E-state index contributed by atoms with van der Waals surface area (Å²) in [5.74, 6) is 0. The highest BCUT2D eigenvalue weighted by Gasteiger charge is 2.05. The summed E-state index contributed by atoms with van der Waals surface area (Å²) in [5.41, 5.74) is 0. The third-order valence-corrected chi connectivity index (χ3v) is 2.59. The maximum Gasteiger partial charge on any atom is 0.259 e. The highest BCUT2D eigenvalue weighted by molar-refractivity contribution is 5.05. The fraction of sp³-hybridized carbons (Fsp3) is 0.571. The molecule has 1 rings (SSSR count). The zero-order valence-electron chi connectivity index (χ0n) is 10.7. The predicted octanol–water partition coefficient (Wildman–Crippen LogP) is 3.54. The first-order valence-corrected chi connectivity index (χ1v) is 6.19. The van der Waals surface area contributed by atoms with Crippen molar-refractivity contribution in [3.05, 3.63) is 36.8 Å². The first-order chi connectivity index (χ1) is 8.36. The Balaban J connectivity index is 2.15. The van der Waals surface area contributed by atoms with Gasteiger partial charge in [-0.25, -0.2) is 0 Å². The van der Waals surface area contributed by atoms with Crippen molar-refractivity contribution in [3.8, 4) is 0 Å². The fourth-order valence-corrected chi connectivity index (χ4v) is 1.55. The van der Waals surface area contributed by atoms with Crippen LogP contribution in [0.3, 0.4) is 0 Å². The minimum absolute atomic E-state index is 0.289. The largest absolute Gasteiger partial charge is 0.459 e. The number of unbranched alkanes of at least 4 members (excludes halogenated alkanes) is 1. The van der Waals surface area contributed by atoms with E-state index >= 15 is 0 Å². The molecule has 3 nitrogen and oxygen atoms in total. The molecule has 0 bridgehead atoms. The molecule has 0 N–H and O–H groups in total. The van der Waals surface area contributed by atoms with Crippen LogP contribution in [0.25, 0.3) is 0 Å². The number of allylic oxidation sites excluding steroid dienone is 2. The predicted molar refractivity (Wildman–Crippen MR) is 68.3 cm³/mol. The minimum Gasteiger partial charge on any atom is -0.459 e. The molecule has 96 valence electrons. The van der Waals surface area contributed by atoms with E-state index in [1.165, 1.54) is 12.8 Å². The summed E-state index contributed by atoms with van der Waals surface area (Å²) in [7, 11) is 1.76. The van der Waals surface area contributed by atoms with E-state index < -0.39 is 0 Å². The molecule has 0 aromatic heterocycles. The van der Waals surface area contributed by atoms with Crippen LogP contribution >= 0.6 is 0 Å². The lowest BCUT2D eigenvalue weighted by molar-refractivity contribution is -0.0257. The smallest absolute Gasteiger partial charge is 0.259 e. The molecule has 0 fully saturated rings. The third-order valence-electron chi connectivity index (χ3n) is 2.59. The van der Waals surface area contributed by atoms with E-state index in [1.54, 1.807) is 19.6 Å². The van der Waals surface area contributed by atoms with Crippen LogP contribution in [-0.4, -0.2) is 19.5 Å². The number of methoxy groups -OCH3 is 1. The van der Waals surface area contributed by atoms with Gasteiger partial charge in [-0.2, -0.15) is 0 Å². The number of ether oxygens (including phenoxy) is 3.